The van der Waals surface area contributed by atoms with Gasteiger partial charge < -0.3 is 15.2 Å². The number of aryl methyl sites for hydroxylation is 2. The van der Waals surface area contributed by atoms with E-state index >= 15 is 0 Å². The molecule has 5 rings (SSSR count). The predicted octanol–water partition coefficient (Wildman–Crippen LogP) is 3.55. The number of carboxylic acid groups (broad SMARTS) is 1. The molecule has 3 heterocycles. The third kappa shape index (κ3) is 4.82. The maximum Gasteiger partial charge on any atom is 0.306 e. The average Bonchev–Trinajstić information content (AvgIpc) is 3.43. The number of aromatic nitrogens is 6. The van der Waals surface area contributed by atoms with Crippen molar-refractivity contribution in [3.05, 3.63) is 29.3 Å². The molecular formula is C22H27N7O3S. The normalized spacial score (nSPS) is 20.5. The first-order valence-corrected chi connectivity index (χ1v) is 12.1. The summed E-state index contributed by atoms with van der Waals surface area (Å²) in [5.74, 6) is 1.07. The molecule has 174 valence electrons. The first-order valence-electron chi connectivity index (χ1n) is 11.3. The van der Waals surface area contributed by atoms with Crippen LogP contribution in [0.15, 0.2) is 12.1 Å². The lowest BCUT2D eigenvalue weighted by atomic mass is 9.87. The van der Waals surface area contributed by atoms with Crippen LogP contribution in [0.1, 0.15) is 61.7 Å². The van der Waals surface area contributed by atoms with Gasteiger partial charge in [-0.25, -0.2) is 14.6 Å². The highest BCUT2D eigenvalue weighted by Gasteiger charge is 2.29. The van der Waals surface area contributed by atoms with Crippen LogP contribution in [-0.4, -0.2) is 46.5 Å². The third-order valence-electron chi connectivity index (χ3n) is 6.28. The van der Waals surface area contributed by atoms with Gasteiger partial charge in [0.25, 0.3) is 0 Å². The summed E-state index contributed by atoms with van der Waals surface area (Å²) in [4.78, 5) is 20.6. The van der Waals surface area contributed by atoms with Gasteiger partial charge in [0.1, 0.15) is 17.3 Å². The summed E-state index contributed by atoms with van der Waals surface area (Å²) in [7, 11) is 1.86. The molecule has 2 aliphatic carbocycles. The summed E-state index contributed by atoms with van der Waals surface area (Å²) in [5, 5.41) is 22.0. The van der Waals surface area contributed by atoms with E-state index in [0.29, 0.717) is 42.4 Å². The van der Waals surface area contributed by atoms with Gasteiger partial charge in [0, 0.05) is 24.5 Å². The Morgan fingerprint density at radius 2 is 2.12 bits per heavy atom. The fourth-order valence-corrected chi connectivity index (χ4v) is 4.85. The maximum absolute atomic E-state index is 11.3. The molecule has 0 unspecified atom stereocenters. The minimum Gasteiger partial charge on any atom is -0.489 e. The molecule has 10 nitrogen and oxygen atoms in total. The Hall–Kier alpha value is -3.08. The lowest BCUT2D eigenvalue weighted by molar-refractivity contribution is -0.143. The Morgan fingerprint density at radius 1 is 1.27 bits per heavy atom. The number of nitrogens with one attached hydrogen (secondary N) is 1. The molecule has 3 aromatic rings. The van der Waals surface area contributed by atoms with Crippen molar-refractivity contribution in [2.45, 2.75) is 64.0 Å². The molecule has 0 aromatic carbocycles. The molecule has 0 radical (unpaired) electrons. The zero-order chi connectivity index (χ0) is 22.9. The van der Waals surface area contributed by atoms with E-state index in [9.17, 15) is 9.90 Å². The standard InChI is InChI=1S/C22H27N7O3S/c1-12-18(32-15-5-3-4-14(10-15)21(30)31)9-8-16(24-12)19-17(29(2)28-26-19)11-23-22-25-20(27-33-22)13-6-7-13/h8-9,13-15H,3-7,10-11H2,1-2H3,(H,30,31)(H,23,25,27)/t14-,15-/m0/s1. The van der Waals surface area contributed by atoms with E-state index in [1.165, 1.54) is 24.4 Å². The van der Waals surface area contributed by atoms with Crippen molar-refractivity contribution < 1.29 is 14.6 Å². The van der Waals surface area contributed by atoms with E-state index in [4.69, 9.17) is 9.72 Å². The van der Waals surface area contributed by atoms with Crippen molar-refractivity contribution in [1.82, 2.24) is 29.3 Å². The molecule has 2 aliphatic rings. The van der Waals surface area contributed by atoms with Gasteiger partial charge in [-0.2, -0.15) is 4.37 Å². The summed E-state index contributed by atoms with van der Waals surface area (Å²) in [5.41, 5.74) is 3.06. The average molecular weight is 470 g/mol. The van der Waals surface area contributed by atoms with E-state index in [1.807, 2.05) is 26.1 Å². The molecule has 11 heteroatoms. The number of anilines is 1. The van der Waals surface area contributed by atoms with Crippen LogP contribution in [0.5, 0.6) is 5.75 Å². The molecule has 0 aliphatic heterocycles. The maximum atomic E-state index is 11.3. The lowest BCUT2D eigenvalue weighted by Gasteiger charge is -2.27. The highest BCUT2D eigenvalue weighted by atomic mass is 32.1. The number of pyridine rings is 1. The van der Waals surface area contributed by atoms with Gasteiger partial charge >= 0.3 is 5.97 Å². The minimum atomic E-state index is -0.741. The highest BCUT2D eigenvalue weighted by Crippen LogP contribution is 2.39. The Balaban J connectivity index is 1.28. The van der Waals surface area contributed by atoms with Crippen LogP contribution in [0.25, 0.3) is 11.4 Å². The summed E-state index contributed by atoms with van der Waals surface area (Å²) in [6, 6.07) is 3.77. The van der Waals surface area contributed by atoms with Crippen LogP contribution in [-0.2, 0) is 18.4 Å². The lowest BCUT2D eigenvalue weighted by Crippen LogP contribution is -2.29. The van der Waals surface area contributed by atoms with Crippen LogP contribution in [0, 0.1) is 12.8 Å². The largest absolute Gasteiger partial charge is 0.489 e. The smallest absolute Gasteiger partial charge is 0.306 e. The highest BCUT2D eigenvalue weighted by molar-refractivity contribution is 7.09. The summed E-state index contributed by atoms with van der Waals surface area (Å²) >= 11 is 1.38. The molecule has 3 aromatic heterocycles. The zero-order valence-corrected chi connectivity index (χ0v) is 19.5. The van der Waals surface area contributed by atoms with E-state index in [-0.39, 0.29) is 12.0 Å². The monoisotopic (exact) mass is 469 g/mol. The predicted molar refractivity (Wildman–Crippen MR) is 122 cm³/mol. The first-order chi connectivity index (χ1) is 16.0. The first kappa shape index (κ1) is 21.7. The molecule has 2 saturated carbocycles. The molecule has 2 fully saturated rings. The quantitative estimate of drug-likeness (QED) is 0.509. The number of carbonyl (C=O) groups is 1. The Morgan fingerprint density at radius 3 is 2.88 bits per heavy atom. The second kappa shape index (κ2) is 9.05. The van der Waals surface area contributed by atoms with Crippen molar-refractivity contribution in [2.24, 2.45) is 13.0 Å². The van der Waals surface area contributed by atoms with Crippen molar-refractivity contribution in [1.29, 1.82) is 0 Å². The van der Waals surface area contributed by atoms with Gasteiger partial charge in [-0.1, -0.05) is 5.21 Å². The number of hydrogen-bond acceptors (Lipinski definition) is 9. The number of aliphatic carboxylic acids is 1. The summed E-state index contributed by atoms with van der Waals surface area (Å²) in [6.45, 7) is 2.40. The van der Waals surface area contributed by atoms with Gasteiger partial charge in [0.2, 0.25) is 5.13 Å². The van der Waals surface area contributed by atoms with Crippen LogP contribution < -0.4 is 10.1 Å². The second-order valence-electron chi connectivity index (χ2n) is 8.82. The van der Waals surface area contributed by atoms with Crippen molar-refractivity contribution in [2.75, 3.05) is 5.32 Å². The fourth-order valence-electron chi connectivity index (χ4n) is 4.21. The molecular weight excluding hydrogens is 442 g/mol. The fraction of sp³-hybridized carbons (Fsp3) is 0.545. The SMILES string of the molecule is Cc1nc(-c2nnn(C)c2CNc2nc(C3CC3)ns2)ccc1O[C@H]1CCC[C@H](C(=O)O)C1. The molecule has 33 heavy (non-hydrogen) atoms. The molecule has 0 spiro atoms. The van der Waals surface area contributed by atoms with E-state index in [2.05, 4.69) is 25.0 Å². The van der Waals surface area contributed by atoms with Crippen molar-refractivity contribution >= 4 is 22.6 Å². The zero-order valence-electron chi connectivity index (χ0n) is 18.7. The Labute approximate surface area is 195 Å². The topological polar surface area (TPSA) is 128 Å². The molecule has 2 atom stereocenters. The van der Waals surface area contributed by atoms with Crippen LogP contribution in [0.2, 0.25) is 0 Å². The Kier molecular flexibility index (Phi) is 5.96. The molecule has 0 bridgehead atoms. The van der Waals surface area contributed by atoms with Gasteiger partial charge in [-0.3, -0.25) is 4.79 Å². The van der Waals surface area contributed by atoms with Crippen LogP contribution in [0.4, 0.5) is 5.13 Å². The summed E-state index contributed by atoms with van der Waals surface area (Å²) < 4.78 is 12.3. The third-order valence-corrected chi connectivity index (χ3v) is 6.97. The number of ether oxygens (including phenoxy) is 1. The van der Waals surface area contributed by atoms with Gasteiger partial charge in [0.05, 0.1) is 35.6 Å². The second-order valence-corrected chi connectivity index (χ2v) is 9.57. The summed E-state index contributed by atoms with van der Waals surface area (Å²) in [6.07, 6.45) is 5.22. The van der Waals surface area contributed by atoms with Gasteiger partial charge in [0.15, 0.2) is 0 Å². The minimum absolute atomic E-state index is 0.102. The Bertz CT molecular complexity index is 1160. The molecule has 0 saturated heterocycles. The number of nitrogens with zero attached hydrogens (tertiary/aromatic N) is 6. The van der Waals surface area contributed by atoms with Crippen LogP contribution in [0.3, 0.4) is 0 Å². The number of rotatable bonds is 8. The van der Waals surface area contributed by atoms with E-state index in [1.54, 1.807) is 4.68 Å². The number of hydrogen-bond donors (Lipinski definition) is 2. The van der Waals surface area contributed by atoms with E-state index < -0.39 is 5.97 Å². The van der Waals surface area contributed by atoms with Gasteiger partial charge in [-0.05, 0) is 57.6 Å². The van der Waals surface area contributed by atoms with Crippen LogP contribution >= 0.6 is 11.5 Å². The van der Waals surface area contributed by atoms with Crippen molar-refractivity contribution in [3.63, 3.8) is 0 Å². The molecule has 0 amide bonds. The number of carboxylic acids is 1. The van der Waals surface area contributed by atoms with E-state index in [0.717, 1.165) is 35.2 Å². The van der Waals surface area contributed by atoms with Gasteiger partial charge in [-0.15, -0.1) is 5.10 Å². The molecule has 2 N–H and O–H groups in total. The van der Waals surface area contributed by atoms with Crippen molar-refractivity contribution in [3.8, 4) is 17.1 Å².